The summed E-state index contributed by atoms with van der Waals surface area (Å²) in [7, 11) is 0. The highest BCUT2D eigenvalue weighted by Crippen LogP contribution is 2.32. The molecular weight excluding hydrogens is 346 g/mol. The number of aromatic nitrogens is 3. The number of hydrogen-bond acceptors (Lipinski definition) is 6. The zero-order valence-corrected chi connectivity index (χ0v) is 15.1. The fourth-order valence-corrected chi connectivity index (χ4v) is 4.23. The molecule has 0 unspecified atom stereocenters. The minimum absolute atomic E-state index is 0.0609. The molecule has 142 valence electrons. The molecule has 0 aromatic carbocycles. The number of carbonyl (C=O) groups is 2. The summed E-state index contributed by atoms with van der Waals surface area (Å²) in [6.07, 6.45) is 3.59. The van der Waals surface area contributed by atoms with Crippen molar-refractivity contribution < 1.29 is 9.59 Å². The summed E-state index contributed by atoms with van der Waals surface area (Å²) >= 11 is 0. The van der Waals surface area contributed by atoms with E-state index in [2.05, 4.69) is 20.6 Å². The number of amides is 2. The van der Waals surface area contributed by atoms with E-state index in [-0.39, 0.29) is 24.3 Å². The summed E-state index contributed by atoms with van der Waals surface area (Å²) in [4.78, 5) is 33.0. The molecule has 2 saturated heterocycles. The minimum atomic E-state index is -0.0732. The van der Waals surface area contributed by atoms with E-state index >= 15 is 0 Å². The molecule has 9 nitrogen and oxygen atoms in total. The highest BCUT2D eigenvalue weighted by atomic mass is 16.2. The van der Waals surface area contributed by atoms with Crippen LogP contribution in [0, 0.1) is 5.92 Å². The molecule has 0 radical (unpaired) electrons. The first-order valence-corrected chi connectivity index (χ1v) is 9.57. The molecule has 3 aliphatic heterocycles. The van der Waals surface area contributed by atoms with Crippen LogP contribution in [0.2, 0.25) is 0 Å². The number of nitrogens with zero attached hydrogens (tertiary/aromatic N) is 5. The Bertz CT molecular complexity index is 902. The lowest BCUT2D eigenvalue weighted by Crippen LogP contribution is -2.59. The topological polar surface area (TPSA) is 94.9 Å². The number of nitrogens with one attached hydrogen (secondary N) is 2. The van der Waals surface area contributed by atoms with Crippen molar-refractivity contribution in [3.63, 3.8) is 0 Å². The monoisotopic (exact) mass is 369 g/mol. The first-order valence-electron chi connectivity index (χ1n) is 9.57. The van der Waals surface area contributed by atoms with Gasteiger partial charge in [-0.25, -0.2) is 4.98 Å². The van der Waals surface area contributed by atoms with Gasteiger partial charge in [-0.05, 0) is 13.0 Å². The SMILES string of the molecule is O=C1CN(C(=O)C2CN(c3c4c(nc5ccnn35)CCNCC4)C2)CCN1. The molecule has 5 heterocycles. The van der Waals surface area contributed by atoms with Gasteiger partial charge in [0.05, 0.1) is 24.4 Å². The fraction of sp³-hybridized carbons (Fsp3) is 0.556. The molecule has 0 bridgehead atoms. The maximum atomic E-state index is 12.7. The molecular formula is C18H23N7O2. The molecule has 0 aliphatic carbocycles. The second-order valence-electron chi connectivity index (χ2n) is 7.42. The zero-order valence-electron chi connectivity index (χ0n) is 15.1. The zero-order chi connectivity index (χ0) is 18.4. The van der Waals surface area contributed by atoms with Crippen molar-refractivity contribution in [3.8, 4) is 0 Å². The van der Waals surface area contributed by atoms with Crippen molar-refractivity contribution in [1.29, 1.82) is 0 Å². The first-order chi connectivity index (χ1) is 13.2. The molecule has 2 aromatic heterocycles. The van der Waals surface area contributed by atoms with Gasteiger partial charge in [-0.15, -0.1) is 0 Å². The van der Waals surface area contributed by atoms with Gasteiger partial charge < -0.3 is 20.4 Å². The first kappa shape index (κ1) is 16.5. The van der Waals surface area contributed by atoms with Crippen LogP contribution < -0.4 is 15.5 Å². The molecule has 27 heavy (non-hydrogen) atoms. The van der Waals surface area contributed by atoms with Crippen molar-refractivity contribution >= 4 is 23.3 Å². The Balaban J connectivity index is 1.39. The molecule has 0 saturated carbocycles. The highest BCUT2D eigenvalue weighted by Gasteiger charge is 2.39. The van der Waals surface area contributed by atoms with Crippen LogP contribution in [0.25, 0.3) is 5.65 Å². The van der Waals surface area contributed by atoms with Crippen LogP contribution in [0.1, 0.15) is 11.3 Å². The molecule has 2 aromatic rings. The van der Waals surface area contributed by atoms with E-state index < -0.39 is 0 Å². The summed E-state index contributed by atoms with van der Waals surface area (Å²) in [5, 5.41) is 10.7. The smallest absolute Gasteiger partial charge is 0.239 e. The second kappa shape index (κ2) is 6.49. The van der Waals surface area contributed by atoms with E-state index in [1.54, 1.807) is 11.1 Å². The Morgan fingerprint density at radius 2 is 2.04 bits per heavy atom. The van der Waals surface area contributed by atoms with Crippen LogP contribution in [0.5, 0.6) is 0 Å². The van der Waals surface area contributed by atoms with Gasteiger partial charge in [0.25, 0.3) is 0 Å². The van der Waals surface area contributed by atoms with Crippen LogP contribution in [0.15, 0.2) is 12.3 Å². The van der Waals surface area contributed by atoms with Gasteiger partial charge in [0.2, 0.25) is 11.8 Å². The number of carbonyl (C=O) groups excluding carboxylic acids is 2. The average molecular weight is 369 g/mol. The Labute approximate surface area is 156 Å². The molecule has 2 N–H and O–H groups in total. The quantitative estimate of drug-likeness (QED) is 0.692. The van der Waals surface area contributed by atoms with Gasteiger partial charge >= 0.3 is 0 Å². The largest absolute Gasteiger partial charge is 0.354 e. The Morgan fingerprint density at radius 1 is 1.19 bits per heavy atom. The number of anilines is 1. The van der Waals surface area contributed by atoms with Crippen molar-refractivity contribution in [2.45, 2.75) is 12.8 Å². The molecule has 3 aliphatic rings. The number of fused-ring (bicyclic) bond motifs is 2. The number of piperazine rings is 1. The molecule has 2 amide bonds. The molecule has 5 rings (SSSR count). The lowest BCUT2D eigenvalue weighted by Gasteiger charge is -2.43. The number of hydrogen-bond donors (Lipinski definition) is 2. The summed E-state index contributed by atoms with van der Waals surface area (Å²) in [5.41, 5.74) is 3.22. The standard InChI is InChI=1S/C18H23N7O2/c26-16-11-23(8-7-20-16)18(27)12-9-24(10-12)17-13-1-4-19-5-2-14(13)22-15-3-6-21-25(15)17/h3,6,12,19H,1-2,4-5,7-11H2,(H,20,26). The van der Waals surface area contributed by atoms with Gasteiger partial charge in [0.15, 0.2) is 5.65 Å². The van der Waals surface area contributed by atoms with E-state index in [0.717, 1.165) is 43.1 Å². The third kappa shape index (κ3) is 2.82. The number of rotatable bonds is 2. The van der Waals surface area contributed by atoms with Crippen molar-refractivity contribution in [1.82, 2.24) is 30.1 Å². The average Bonchev–Trinajstić information content (AvgIpc) is 2.96. The van der Waals surface area contributed by atoms with Crippen molar-refractivity contribution in [2.24, 2.45) is 5.92 Å². The fourth-order valence-electron chi connectivity index (χ4n) is 4.23. The van der Waals surface area contributed by atoms with E-state index in [1.165, 1.54) is 5.56 Å². The Hall–Kier alpha value is -2.68. The summed E-state index contributed by atoms with van der Waals surface area (Å²) < 4.78 is 1.90. The van der Waals surface area contributed by atoms with Crippen LogP contribution in [0.3, 0.4) is 0 Å². The van der Waals surface area contributed by atoms with Gasteiger partial charge in [-0.3, -0.25) is 9.59 Å². The second-order valence-corrected chi connectivity index (χ2v) is 7.42. The van der Waals surface area contributed by atoms with Crippen LogP contribution in [0.4, 0.5) is 5.82 Å². The maximum absolute atomic E-state index is 12.7. The van der Waals surface area contributed by atoms with Gasteiger partial charge in [0.1, 0.15) is 5.82 Å². The van der Waals surface area contributed by atoms with Gasteiger partial charge in [0, 0.05) is 50.8 Å². The van der Waals surface area contributed by atoms with E-state index in [1.807, 2.05) is 10.6 Å². The highest BCUT2D eigenvalue weighted by molar-refractivity contribution is 5.88. The van der Waals surface area contributed by atoms with E-state index in [9.17, 15) is 9.59 Å². The van der Waals surface area contributed by atoms with Crippen molar-refractivity contribution in [2.75, 3.05) is 50.7 Å². The van der Waals surface area contributed by atoms with Crippen LogP contribution in [-0.2, 0) is 22.4 Å². The maximum Gasteiger partial charge on any atom is 0.239 e. The lowest BCUT2D eigenvalue weighted by atomic mass is 9.96. The van der Waals surface area contributed by atoms with Crippen LogP contribution in [-0.4, -0.2) is 77.1 Å². The van der Waals surface area contributed by atoms with E-state index in [4.69, 9.17) is 4.98 Å². The Kier molecular flexibility index (Phi) is 3.96. The molecule has 2 fully saturated rings. The summed E-state index contributed by atoms with van der Waals surface area (Å²) in [6.45, 7) is 4.50. The predicted octanol–water partition coefficient (Wildman–Crippen LogP) is -1.19. The van der Waals surface area contributed by atoms with Gasteiger partial charge in [-0.2, -0.15) is 9.61 Å². The van der Waals surface area contributed by atoms with Crippen LogP contribution >= 0.6 is 0 Å². The Morgan fingerprint density at radius 3 is 2.89 bits per heavy atom. The summed E-state index contributed by atoms with van der Waals surface area (Å²) in [6, 6.07) is 1.93. The lowest BCUT2D eigenvalue weighted by molar-refractivity contribution is -0.142. The molecule has 0 spiro atoms. The van der Waals surface area contributed by atoms with E-state index in [0.29, 0.717) is 26.2 Å². The predicted molar refractivity (Wildman–Crippen MR) is 98.6 cm³/mol. The molecule has 0 atom stereocenters. The minimum Gasteiger partial charge on any atom is -0.354 e. The third-order valence-electron chi connectivity index (χ3n) is 5.66. The van der Waals surface area contributed by atoms with Gasteiger partial charge in [-0.1, -0.05) is 0 Å². The summed E-state index contributed by atoms with van der Waals surface area (Å²) in [5.74, 6) is 1.02. The van der Waals surface area contributed by atoms with Crippen molar-refractivity contribution in [3.05, 3.63) is 23.5 Å². The normalized spacial score (nSPS) is 20.8. The molecule has 9 heteroatoms. The third-order valence-corrected chi connectivity index (χ3v) is 5.66.